The quantitative estimate of drug-likeness (QED) is 0.739. The van der Waals surface area contributed by atoms with Crippen molar-refractivity contribution in [3.8, 4) is 0 Å². The lowest BCUT2D eigenvalue weighted by Gasteiger charge is -2.22. The Labute approximate surface area is 151 Å². The second-order valence-corrected chi connectivity index (χ2v) is 8.79. The van der Waals surface area contributed by atoms with Gasteiger partial charge in [-0.05, 0) is 23.8 Å². The number of amides is 1. The molecule has 0 saturated carbocycles. The van der Waals surface area contributed by atoms with E-state index in [-0.39, 0.29) is 12.5 Å². The summed E-state index contributed by atoms with van der Waals surface area (Å²) >= 11 is 3.29. The summed E-state index contributed by atoms with van der Waals surface area (Å²) in [5, 5.41) is 0. The highest BCUT2D eigenvalue weighted by Gasteiger charge is 2.53. The zero-order valence-corrected chi connectivity index (χ0v) is 14.7. The van der Waals surface area contributed by atoms with Gasteiger partial charge in [0.1, 0.15) is 0 Å². The number of rotatable bonds is 2. The third kappa shape index (κ3) is 2.73. The van der Waals surface area contributed by atoms with Gasteiger partial charge in [-0.2, -0.15) is 13.2 Å². The number of para-hydroxylation sites is 1. The molecule has 1 fully saturated rings. The van der Waals surface area contributed by atoms with Crippen LogP contribution in [0.25, 0.3) is 0 Å². The standard InChI is InChI=1S/C18H14F3NOS2/c19-18(20,21)13-7-5-12(6-8-13)11-22-15-4-2-1-3-14(15)17(16(22)23)24-9-10-25-17/h1-8H,9-11H2. The highest BCUT2D eigenvalue weighted by molar-refractivity contribution is 8.21. The van der Waals surface area contributed by atoms with Gasteiger partial charge in [-0.3, -0.25) is 4.79 Å². The molecular weight excluding hydrogens is 367 g/mol. The summed E-state index contributed by atoms with van der Waals surface area (Å²) in [6.45, 7) is 0.275. The monoisotopic (exact) mass is 381 g/mol. The predicted octanol–water partition coefficient (Wildman–Crippen LogP) is 4.89. The van der Waals surface area contributed by atoms with Crippen molar-refractivity contribution in [3.63, 3.8) is 0 Å². The van der Waals surface area contributed by atoms with Crippen molar-refractivity contribution < 1.29 is 18.0 Å². The highest BCUT2D eigenvalue weighted by Crippen LogP contribution is 2.59. The number of halogens is 3. The molecule has 1 amide bonds. The van der Waals surface area contributed by atoms with Crippen molar-refractivity contribution in [1.29, 1.82) is 0 Å². The van der Waals surface area contributed by atoms with E-state index in [1.54, 1.807) is 28.4 Å². The smallest absolute Gasteiger partial charge is 0.305 e. The zero-order valence-electron chi connectivity index (χ0n) is 13.0. The van der Waals surface area contributed by atoms with Gasteiger partial charge in [-0.15, -0.1) is 23.5 Å². The Kier molecular flexibility index (Phi) is 4.03. The lowest BCUT2D eigenvalue weighted by atomic mass is 10.1. The molecule has 1 saturated heterocycles. The SMILES string of the molecule is O=C1N(Cc2ccc(C(F)(F)F)cc2)c2ccccc2C12SCCS2. The maximum absolute atomic E-state index is 13.1. The topological polar surface area (TPSA) is 20.3 Å². The van der Waals surface area contributed by atoms with Crippen LogP contribution in [0.3, 0.4) is 0 Å². The van der Waals surface area contributed by atoms with Gasteiger partial charge in [0.15, 0.2) is 4.08 Å². The van der Waals surface area contributed by atoms with E-state index in [1.165, 1.54) is 12.1 Å². The zero-order chi connectivity index (χ0) is 17.7. The van der Waals surface area contributed by atoms with Crippen molar-refractivity contribution >= 4 is 35.1 Å². The third-order valence-electron chi connectivity index (χ3n) is 4.39. The van der Waals surface area contributed by atoms with Crippen LogP contribution < -0.4 is 4.90 Å². The fourth-order valence-corrected chi connectivity index (χ4v) is 6.42. The maximum atomic E-state index is 13.1. The number of carbonyl (C=O) groups is 1. The number of fused-ring (bicyclic) bond motifs is 2. The average molecular weight is 381 g/mol. The second-order valence-electron chi connectivity index (χ2n) is 5.92. The summed E-state index contributed by atoms with van der Waals surface area (Å²) in [5.41, 5.74) is 1.86. The number of hydrogen-bond acceptors (Lipinski definition) is 3. The van der Waals surface area contributed by atoms with Crippen LogP contribution in [0.1, 0.15) is 16.7 Å². The molecule has 0 aliphatic carbocycles. The second kappa shape index (κ2) is 5.99. The molecule has 0 aromatic heterocycles. The summed E-state index contributed by atoms with van der Waals surface area (Å²) in [4.78, 5) is 14.8. The van der Waals surface area contributed by atoms with Crippen molar-refractivity contribution in [2.45, 2.75) is 16.8 Å². The molecule has 2 aromatic carbocycles. The number of anilines is 1. The van der Waals surface area contributed by atoms with Gasteiger partial charge in [0, 0.05) is 17.1 Å². The first kappa shape index (κ1) is 16.8. The molecule has 0 unspecified atom stereocenters. The Morgan fingerprint density at radius 1 is 1.00 bits per heavy atom. The summed E-state index contributed by atoms with van der Waals surface area (Å²) in [7, 11) is 0. The van der Waals surface area contributed by atoms with Crippen molar-refractivity contribution in [2.24, 2.45) is 0 Å². The van der Waals surface area contributed by atoms with Crippen LogP contribution in [-0.4, -0.2) is 17.4 Å². The Morgan fingerprint density at radius 3 is 2.28 bits per heavy atom. The molecule has 0 radical (unpaired) electrons. The fourth-order valence-electron chi connectivity index (χ4n) is 3.22. The van der Waals surface area contributed by atoms with Crippen LogP contribution >= 0.6 is 23.5 Å². The van der Waals surface area contributed by atoms with E-state index < -0.39 is 15.8 Å². The van der Waals surface area contributed by atoms with E-state index in [0.717, 1.165) is 34.9 Å². The van der Waals surface area contributed by atoms with Crippen LogP contribution in [0.15, 0.2) is 48.5 Å². The van der Waals surface area contributed by atoms with Gasteiger partial charge in [0.2, 0.25) is 0 Å². The molecule has 1 spiro atoms. The van der Waals surface area contributed by atoms with E-state index in [4.69, 9.17) is 0 Å². The number of thioether (sulfide) groups is 2. The molecule has 2 heterocycles. The summed E-state index contributed by atoms with van der Waals surface area (Å²) in [6.07, 6.45) is -4.35. The maximum Gasteiger partial charge on any atom is 0.416 e. The molecule has 4 rings (SSSR count). The van der Waals surface area contributed by atoms with Gasteiger partial charge in [-0.25, -0.2) is 0 Å². The Morgan fingerprint density at radius 2 is 1.64 bits per heavy atom. The van der Waals surface area contributed by atoms with Crippen molar-refractivity contribution in [3.05, 3.63) is 65.2 Å². The van der Waals surface area contributed by atoms with Crippen LogP contribution in [0.5, 0.6) is 0 Å². The Balaban J connectivity index is 1.66. The summed E-state index contributed by atoms with van der Waals surface area (Å²) < 4.78 is 37.5. The number of alkyl halides is 3. The molecular formula is C18H14F3NOS2. The van der Waals surface area contributed by atoms with E-state index in [1.807, 2.05) is 24.3 Å². The third-order valence-corrected chi connectivity index (χ3v) is 7.78. The minimum Gasteiger partial charge on any atom is -0.305 e. The van der Waals surface area contributed by atoms with Gasteiger partial charge in [0.05, 0.1) is 17.8 Å². The van der Waals surface area contributed by atoms with Gasteiger partial charge < -0.3 is 4.90 Å². The fraction of sp³-hybridized carbons (Fsp3) is 0.278. The first-order chi connectivity index (χ1) is 11.9. The van der Waals surface area contributed by atoms with Crippen LogP contribution in [-0.2, 0) is 21.6 Å². The molecule has 0 bridgehead atoms. The minimum atomic E-state index is -4.35. The molecule has 2 nitrogen and oxygen atoms in total. The molecule has 130 valence electrons. The van der Waals surface area contributed by atoms with E-state index in [2.05, 4.69) is 0 Å². The average Bonchev–Trinajstić information content (AvgIpc) is 3.17. The lowest BCUT2D eigenvalue weighted by Crippen LogP contribution is -2.34. The van der Waals surface area contributed by atoms with Gasteiger partial charge in [0.25, 0.3) is 5.91 Å². The molecule has 25 heavy (non-hydrogen) atoms. The number of nitrogens with zero attached hydrogens (tertiary/aromatic N) is 1. The molecule has 0 atom stereocenters. The number of hydrogen-bond donors (Lipinski definition) is 0. The van der Waals surface area contributed by atoms with Crippen molar-refractivity contribution in [1.82, 2.24) is 0 Å². The number of benzene rings is 2. The van der Waals surface area contributed by atoms with Gasteiger partial charge in [-0.1, -0.05) is 30.3 Å². The minimum absolute atomic E-state index is 0.0149. The van der Waals surface area contributed by atoms with Crippen LogP contribution in [0.4, 0.5) is 18.9 Å². The molecule has 7 heteroatoms. The largest absolute Gasteiger partial charge is 0.416 e. The first-order valence-electron chi connectivity index (χ1n) is 7.77. The normalized spacial score (nSPS) is 18.8. The Hall–Kier alpha value is -1.60. The molecule has 0 N–H and O–H groups in total. The van der Waals surface area contributed by atoms with E-state index >= 15 is 0 Å². The molecule has 2 aliphatic rings. The Bertz CT molecular complexity index is 814. The van der Waals surface area contributed by atoms with Gasteiger partial charge >= 0.3 is 6.18 Å². The van der Waals surface area contributed by atoms with E-state index in [9.17, 15) is 18.0 Å². The van der Waals surface area contributed by atoms with Crippen molar-refractivity contribution in [2.75, 3.05) is 16.4 Å². The highest BCUT2D eigenvalue weighted by atomic mass is 32.2. The summed E-state index contributed by atoms with van der Waals surface area (Å²) in [5.74, 6) is 1.85. The van der Waals surface area contributed by atoms with E-state index in [0.29, 0.717) is 5.56 Å². The molecule has 2 aromatic rings. The summed E-state index contributed by atoms with van der Waals surface area (Å²) in [6, 6.07) is 12.7. The first-order valence-corrected chi connectivity index (χ1v) is 9.74. The predicted molar refractivity (Wildman–Crippen MR) is 95.7 cm³/mol. The van der Waals surface area contributed by atoms with Crippen LogP contribution in [0, 0.1) is 0 Å². The van der Waals surface area contributed by atoms with Crippen LogP contribution in [0.2, 0.25) is 0 Å². The number of carbonyl (C=O) groups excluding carboxylic acids is 1. The molecule has 2 aliphatic heterocycles. The lowest BCUT2D eigenvalue weighted by molar-refractivity contribution is -0.137.